The molecular weight excluding hydrogens is 301 g/mol. The Labute approximate surface area is 125 Å². The number of hydrogen-bond acceptors (Lipinski definition) is 3. The van der Waals surface area contributed by atoms with E-state index in [1.54, 1.807) is 24.3 Å². The van der Waals surface area contributed by atoms with Crippen LogP contribution in [0.5, 0.6) is 5.75 Å². The van der Waals surface area contributed by atoms with Gasteiger partial charge in [-0.05, 0) is 12.1 Å². The number of piperidine rings is 1. The third-order valence-electron chi connectivity index (χ3n) is 3.73. The Bertz CT molecular complexity index is 540. The van der Waals surface area contributed by atoms with Crippen LogP contribution in [0.3, 0.4) is 0 Å². The molecule has 122 valence electrons. The Kier molecular flexibility index (Phi) is 4.50. The van der Waals surface area contributed by atoms with Crippen molar-refractivity contribution in [2.24, 2.45) is 0 Å². The van der Waals surface area contributed by atoms with Crippen molar-refractivity contribution in [2.75, 3.05) is 25.5 Å². The summed E-state index contributed by atoms with van der Waals surface area (Å²) in [6.07, 6.45) is -5.73. The van der Waals surface area contributed by atoms with E-state index >= 15 is 0 Å². The Hall–Kier alpha value is -1.96. The number of halogens is 3. The lowest BCUT2D eigenvalue weighted by atomic mass is 9.91. The Morgan fingerprint density at radius 1 is 1.36 bits per heavy atom. The van der Waals surface area contributed by atoms with E-state index in [9.17, 15) is 23.1 Å². The highest BCUT2D eigenvalue weighted by Crippen LogP contribution is 2.38. The fourth-order valence-corrected chi connectivity index (χ4v) is 2.27. The standard InChI is InChI=1S/C14H17F3N2O3/c1-22-11-4-2-3-10(9-11)18-12(20)19-7-5-13(21,6-8-19)14(15,16)17/h2-4,9,21H,5-8H2,1H3,(H,18,20). The summed E-state index contributed by atoms with van der Waals surface area (Å²) < 4.78 is 43.1. The fraction of sp³-hybridized carbons (Fsp3) is 0.500. The summed E-state index contributed by atoms with van der Waals surface area (Å²) in [5, 5.41) is 12.2. The van der Waals surface area contributed by atoms with Crippen molar-refractivity contribution >= 4 is 11.7 Å². The summed E-state index contributed by atoms with van der Waals surface area (Å²) in [5.41, 5.74) is -2.22. The summed E-state index contributed by atoms with van der Waals surface area (Å²) in [6.45, 7) is -0.322. The zero-order valence-electron chi connectivity index (χ0n) is 12.0. The average Bonchev–Trinajstić information content (AvgIpc) is 2.47. The van der Waals surface area contributed by atoms with Crippen LogP contribution in [-0.2, 0) is 0 Å². The fourth-order valence-electron chi connectivity index (χ4n) is 2.27. The summed E-state index contributed by atoms with van der Waals surface area (Å²) in [5.74, 6) is 0.558. The molecule has 1 aliphatic heterocycles. The highest BCUT2D eigenvalue weighted by Gasteiger charge is 2.54. The molecule has 0 radical (unpaired) electrons. The second-order valence-corrected chi connectivity index (χ2v) is 5.18. The molecule has 0 aromatic heterocycles. The Balaban J connectivity index is 1.95. The average molecular weight is 318 g/mol. The summed E-state index contributed by atoms with van der Waals surface area (Å²) in [6, 6.07) is 6.15. The van der Waals surface area contributed by atoms with Gasteiger partial charge in [-0.3, -0.25) is 0 Å². The van der Waals surface area contributed by atoms with E-state index in [2.05, 4.69) is 5.32 Å². The molecule has 1 aromatic rings. The van der Waals surface area contributed by atoms with Crippen LogP contribution < -0.4 is 10.1 Å². The van der Waals surface area contributed by atoms with Gasteiger partial charge in [-0.25, -0.2) is 4.79 Å². The van der Waals surface area contributed by atoms with Crippen LogP contribution in [0.4, 0.5) is 23.7 Å². The largest absolute Gasteiger partial charge is 0.497 e. The van der Waals surface area contributed by atoms with Crippen LogP contribution in [-0.4, -0.2) is 48.0 Å². The van der Waals surface area contributed by atoms with Crippen molar-refractivity contribution in [3.8, 4) is 5.75 Å². The lowest BCUT2D eigenvalue weighted by Crippen LogP contribution is -2.55. The van der Waals surface area contributed by atoms with Gasteiger partial charge in [-0.15, -0.1) is 0 Å². The number of carbonyl (C=O) groups is 1. The van der Waals surface area contributed by atoms with E-state index in [-0.39, 0.29) is 13.1 Å². The predicted molar refractivity (Wildman–Crippen MR) is 73.8 cm³/mol. The molecule has 1 fully saturated rings. The van der Waals surface area contributed by atoms with E-state index in [1.165, 1.54) is 12.0 Å². The van der Waals surface area contributed by atoms with Crippen molar-refractivity contribution in [1.82, 2.24) is 4.90 Å². The summed E-state index contributed by atoms with van der Waals surface area (Å²) >= 11 is 0. The van der Waals surface area contributed by atoms with E-state index in [0.717, 1.165) is 0 Å². The molecule has 2 rings (SSSR count). The number of ether oxygens (including phenoxy) is 1. The minimum absolute atomic E-state index is 0.161. The SMILES string of the molecule is COc1cccc(NC(=O)N2CCC(O)(C(F)(F)F)CC2)c1. The van der Waals surface area contributed by atoms with Crippen LogP contribution in [0.1, 0.15) is 12.8 Å². The van der Waals surface area contributed by atoms with Gasteiger partial charge >= 0.3 is 12.2 Å². The number of likely N-dealkylation sites (tertiary alicyclic amines) is 1. The van der Waals surface area contributed by atoms with Crippen LogP contribution in [0.25, 0.3) is 0 Å². The number of hydrogen-bond donors (Lipinski definition) is 2. The molecule has 1 aromatic carbocycles. The smallest absolute Gasteiger partial charge is 0.417 e. The van der Waals surface area contributed by atoms with Crippen molar-refractivity contribution in [2.45, 2.75) is 24.6 Å². The molecule has 0 unspecified atom stereocenters. The first-order valence-electron chi connectivity index (χ1n) is 6.74. The first-order valence-corrected chi connectivity index (χ1v) is 6.74. The Morgan fingerprint density at radius 2 is 2.00 bits per heavy atom. The van der Waals surface area contributed by atoms with Crippen LogP contribution in [0, 0.1) is 0 Å². The minimum atomic E-state index is -4.68. The molecule has 22 heavy (non-hydrogen) atoms. The number of anilines is 1. The molecule has 2 amide bonds. The number of aliphatic hydroxyl groups is 1. The molecule has 8 heteroatoms. The molecule has 0 spiro atoms. The summed E-state index contributed by atoms with van der Waals surface area (Å²) in [7, 11) is 1.49. The third-order valence-corrected chi connectivity index (χ3v) is 3.73. The monoisotopic (exact) mass is 318 g/mol. The van der Waals surface area contributed by atoms with Crippen LogP contribution in [0.15, 0.2) is 24.3 Å². The molecule has 1 saturated heterocycles. The highest BCUT2D eigenvalue weighted by molar-refractivity contribution is 5.89. The topological polar surface area (TPSA) is 61.8 Å². The first kappa shape index (κ1) is 16.4. The summed E-state index contributed by atoms with van der Waals surface area (Å²) in [4.78, 5) is 13.3. The number of methoxy groups -OCH3 is 1. The maximum atomic E-state index is 12.7. The van der Waals surface area contributed by atoms with Gasteiger partial charge in [0.25, 0.3) is 0 Å². The number of amides is 2. The number of rotatable bonds is 2. The van der Waals surface area contributed by atoms with Crippen LogP contribution in [0.2, 0.25) is 0 Å². The molecule has 0 aliphatic carbocycles. The van der Waals surface area contributed by atoms with Gasteiger partial charge in [0, 0.05) is 37.7 Å². The number of nitrogens with one attached hydrogen (secondary N) is 1. The van der Waals surface area contributed by atoms with Gasteiger partial charge in [0.05, 0.1) is 7.11 Å². The van der Waals surface area contributed by atoms with Gasteiger partial charge in [-0.1, -0.05) is 6.07 Å². The zero-order chi connectivity index (χ0) is 16.4. The van der Waals surface area contributed by atoms with Gasteiger partial charge in [0.2, 0.25) is 0 Å². The molecule has 0 bridgehead atoms. The number of benzene rings is 1. The minimum Gasteiger partial charge on any atom is -0.497 e. The molecule has 2 N–H and O–H groups in total. The number of carbonyl (C=O) groups excluding carboxylic acids is 1. The van der Waals surface area contributed by atoms with Crippen molar-refractivity contribution in [3.05, 3.63) is 24.3 Å². The molecule has 0 atom stereocenters. The lowest BCUT2D eigenvalue weighted by Gasteiger charge is -2.38. The molecule has 0 saturated carbocycles. The third kappa shape index (κ3) is 3.44. The number of urea groups is 1. The van der Waals surface area contributed by atoms with Crippen molar-refractivity contribution in [1.29, 1.82) is 0 Å². The molecular formula is C14H17F3N2O3. The van der Waals surface area contributed by atoms with Crippen molar-refractivity contribution in [3.63, 3.8) is 0 Å². The lowest BCUT2D eigenvalue weighted by molar-refractivity contribution is -0.271. The highest BCUT2D eigenvalue weighted by atomic mass is 19.4. The molecule has 5 nitrogen and oxygen atoms in total. The van der Waals surface area contributed by atoms with Gasteiger partial charge in [-0.2, -0.15) is 13.2 Å². The van der Waals surface area contributed by atoms with E-state index in [1.807, 2.05) is 0 Å². The molecule has 1 heterocycles. The maximum absolute atomic E-state index is 12.7. The quantitative estimate of drug-likeness (QED) is 0.881. The normalized spacial score (nSPS) is 18.0. The maximum Gasteiger partial charge on any atom is 0.417 e. The van der Waals surface area contributed by atoms with Crippen LogP contribution >= 0.6 is 0 Å². The van der Waals surface area contributed by atoms with E-state index in [4.69, 9.17) is 4.74 Å². The predicted octanol–water partition coefficient (Wildman–Crippen LogP) is 2.62. The van der Waals surface area contributed by atoms with Gasteiger partial charge < -0.3 is 20.1 Å². The van der Waals surface area contributed by atoms with Gasteiger partial charge in [0.15, 0.2) is 5.60 Å². The second-order valence-electron chi connectivity index (χ2n) is 5.18. The van der Waals surface area contributed by atoms with E-state index < -0.39 is 30.7 Å². The molecule has 1 aliphatic rings. The zero-order valence-corrected chi connectivity index (χ0v) is 12.0. The number of nitrogens with zero attached hydrogens (tertiary/aromatic N) is 1. The number of alkyl halides is 3. The Morgan fingerprint density at radius 3 is 2.55 bits per heavy atom. The van der Waals surface area contributed by atoms with E-state index in [0.29, 0.717) is 11.4 Å². The van der Waals surface area contributed by atoms with Gasteiger partial charge in [0.1, 0.15) is 5.75 Å². The van der Waals surface area contributed by atoms with Crippen molar-refractivity contribution < 1.29 is 27.8 Å². The first-order chi connectivity index (χ1) is 10.2. The second kappa shape index (κ2) is 6.04.